The molecule has 7 heteroatoms. The molecule has 0 aliphatic heterocycles. The standard InChI is InChI=1S/C22H26N4O2S/c1-4-16-9-5-6-10-17(16)23-20(27)13-25(2)15-22(28)26(3)14-21-24-18-11-7-8-12-19(18)29-21/h5-12H,4,13-15H2,1-3H3,(H,23,27)/p+1. The van der Waals surface area contributed by atoms with Gasteiger partial charge in [0.15, 0.2) is 13.1 Å². The Labute approximate surface area is 175 Å². The van der Waals surface area contributed by atoms with Crippen LogP contribution in [0.5, 0.6) is 0 Å². The molecule has 0 saturated carbocycles. The molecule has 152 valence electrons. The van der Waals surface area contributed by atoms with Crippen molar-refractivity contribution in [2.75, 3.05) is 32.5 Å². The third kappa shape index (κ3) is 5.62. The molecule has 1 unspecified atom stereocenters. The molecule has 1 atom stereocenters. The first kappa shape index (κ1) is 21.0. The summed E-state index contributed by atoms with van der Waals surface area (Å²) >= 11 is 1.60. The van der Waals surface area contributed by atoms with Crippen LogP contribution in [0.15, 0.2) is 48.5 Å². The van der Waals surface area contributed by atoms with E-state index >= 15 is 0 Å². The number of aryl methyl sites for hydroxylation is 1. The number of likely N-dealkylation sites (N-methyl/N-ethyl adjacent to an activating group) is 2. The Kier molecular flexibility index (Phi) is 6.95. The lowest BCUT2D eigenvalue weighted by Crippen LogP contribution is -3.11. The Morgan fingerprint density at radius 2 is 1.83 bits per heavy atom. The van der Waals surface area contributed by atoms with Crippen molar-refractivity contribution >= 4 is 39.1 Å². The van der Waals surface area contributed by atoms with E-state index in [0.717, 1.165) is 37.8 Å². The molecule has 2 amide bonds. The van der Waals surface area contributed by atoms with Gasteiger partial charge in [-0.3, -0.25) is 9.59 Å². The van der Waals surface area contributed by atoms with E-state index in [2.05, 4.69) is 17.2 Å². The maximum atomic E-state index is 12.6. The summed E-state index contributed by atoms with van der Waals surface area (Å²) in [5.41, 5.74) is 2.90. The fraction of sp³-hybridized carbons (Fsp3) is 0.318. The molecule has 2 aromatic carbocycles. The molecule has 2 N–H and O–H groups in total. The lowest BCUT2D eigenvalue weighted by Gasteiger charge is -2.19. The number of benzene rings is 2. The number of anilines is 1. The first-order valence-electron chi connectivity index (χ1n) is 9.73. The molecular weight excluding hydrogens is 384 g/mol. The molecule has 29 heavy (non-hydrogen) atoms. The van der Waals surface area contributed by atoms with Gasteiger partial charge in [-0.2, -0.15) is 0 Å². The Balaban J connectivity index is 1.50. The highest BCUT2D eigenvalue weighted by Crippen LogP contribution is 2.22. The van der Waals surface area contributed by atoms with E-state index in [1.54, 1.807) is 23.3 Å². The number of thiazole rings is 1. The Bertz CT molecular complexity index is 968. The summed E-state index contributed by atoms with van der Waals surface area (Å²) in [6.45, 7) is 3.02. The van der Waals surface area contributed by atoms with Crippen molar-refractivity contribution in [2.24, 2.45) is 0 Å². The van der Waals surface area contributed by atoms with E-state index in [4.69, 9.17) is 0 Å². The van der Waals surface area contributed by atoms with Crippen LogP contribution in [0, 0.1) is 0 Å². The Morgan fingerprint density at radius 1 is 1.10 bits per heavy atom. The fourth-order valence-electron chi connectivity index (χ4n) is 3.15. The number of hydrogen-bond donors (Lipinski definition) is 2. The highest BCUT2D eigenvalue weighted by atomic mass is 32.1. The first-order valence-corrected chi connectivity index (χ1v) is 10.6. The molecule has 3 aromatic rings. The van der Waals surface area contributed by atoms with Gasteiger partial charge < -0.3 is 15.1 Å². The number of aromatic nitrogens is 1. The maximum Gasteiger partial charge on any atom is 0.279 e. The van der Waals surface area contributed by atoms with Crippen LogP contribution in [-0.2, 0) is 22.6 Å². The van der Waals surface area contributed by atoms with Crippen LogP contribution < -0.4 is 10.2 Å². The molecule has 0 bridgehead atoms. The summed E-state index contributed by atoms with van der Waals surface area (Å²) in [5.74, 6) is -0.103. The third-order valence-electron chi connectivity index (χ3n) is 4.72. The minimum absolute atomic E-state index is 0.0106. The number of carbonyl (C=O) groups is 2. The summed E-state index contributed by atoms with van der Waals surface area (Å²) in [7, 11) is 3.63. The van der Waals surface area contributed by atoms with Crippen molar-refractivity contribution in [1.82, 2.24) is 9.88 Å². The van der Waals surface area contributed by atoms with Crippen LogP contribution in [0.1, 0.15) is 17.5 Å². The zero-order chi connectivity index (χ0) is 20.8. The number of nitrogens with zero attached hydrogens (tertiary/aromatic N) is 2. The second-order valence-electron chi connectivity index (χ2n) is 7.19. The number of fused-ring (bicyclic) bond motifs is 1. The van der Waals surface area contributed by atoms with Crippen molar-refractivity contribution in [3.63, 3.8) is 0 Å². The van der Waals surface area contributed by atoms with Gasteiger partial charge in [0.2, 0.25) is 0 Å². The topological polar surface area (TPSA) is 66.7 Å². The van der Waals surface area contributed by atoms with Crippen LogP contribution in [0.25, 0.3) is 10.2 Å². The van der Waals surface area contributed by atoms with Crippen molar-refractivity contribution in [2.45, 2.75) is 19.9 Å². The fourth-order valence-corrected chi connectivity index (χ4v) is 4.17. The van der Waals surface area contributed by atoms with Crippen LogP contribution in [-0.4, -0.2) is 48.9 Å². The van der Waals surface area contributed by atoms with Crippen molar-refractivity contribution in [3.8, 4) is 0 Å². The average Bonchev–Trinajstić information content (AvgIpc) is 3.10. The maximum absolute atomic E-state index is 12.6. The second-order valence-corrected chi connectivity index (χ2v) is 8.31. The second kappa shape index (κ2) is 9.62. The van der Waals surface area contributed by atoms with Gasteiger partial charge in [-0.05, 0) is 30.2 Å². The molecule has 0 spiro atoms. The largest absolute Gasteiger partial charge is 0.334 e. The van der Waals surface area contributed by atoms with Crippen LogP contribution in [0.2, 0.25) is 0 Å². The quantitative estimate of drug-likeness (QED) is 0.596. The molecule has 0 fully saturated rings. The molecule has 3 rings (SSSR count). The van der Waals surface area contributed by atoms with E-state index in [-0.39, 0.29) is 24.9 Å². The van der Waals surface area contributed by atoms with Gasteiger partial charge in [-0.25, -0.2) is 4.98 Å². The SMILES string of the molecule is CCc1ccccc1NC(=O)C[NH+](C)CC(=O)N(C)Cc1nc2ccccc2s1. The summed E-state index contributed by atoms with van der Waals surface area (Å²) in [6, 6.07) is 15.7. The molecule has 0 saturated heterocycles. The Hall–Kier alpha value is -2.77. The van der Waals surface area contributed by atoms with Crippen molar-refractivity contribution < 1.29 is 14.5 Å². The number of para-hydroxylation sites is 2. The summed E-state index contributed by atoms with van der Waals surface area (Å²) in [5, 5.41) is 3.87. The monoisotopic (exact) mass is 411 g/mol. The van der Waals surface area contributed by atoms with E-state index in [0.29, 0.717) is 6.54 Å². The average molecular weight is 412 g/mol. The van der Waals surface area contributed by atoms with E-state index in [1.807, 2.05) is 55.6 Å². The zero-order valence-electron chi connectivity index (χ0n) is 17.1. The minimum Gasteiger partial charge on any atom is -0.334 e. The number of quaternary nitrogens is 1. The molecule has 0 aliphatic rings. The number of rotatable bonds is 8. The molecular formula is C22H27N4O2S+. The summed E-state index contributed by atoms with van der Waals surface area (Å²) < 4.78 is 1.12. The highest BCUT2D eigenvalue weighted by Gasteiger charge is 2.19. The van der Waals surface area contributed by atoms with Crippen LogP contribution in [0.4, 0.5) is 5.69 Å². The normalized spacial score (nSPS) is 12.0. The molecule has 1 aromatic heterocycles. The molecule has 6 nitrogen and oxygen atoms in total. The predicted molar refractivity (Wildman–Crippen MR) is 117 cm³/mol. The summed E-state index contributed by atoms with van der Waals surface area (Å²) in [6.07, 6.45) is 0.855. The van der Waals surface area contributed by atoms with Crippen molar-refractivity contribution in [3.05, 3.63) is 59.1 Å². The summed E-state index contributed by atoms with van der Waals surface area (Å²) in [4.78, 5) is 32.0. The number of nitrogens with one attached hydrogen (secondary N) is 2. The lowest BCUT2D eigenvalue weighted by atomic mass is 10.1. The molecule has 0 radical (unpaired) electrons. The van der Waals surface area contributed by atoms with Gasteiger partial charge in [0.25, 0.3) is 11.8 Å². The third-order valence-corrected chi connectivity index (χ3v) is 5.75. The smallest absolute Gasteiger partial charge is 0.279 e. The number of carbonyl (C=O) groups excluding carboxylic acids is 2. The van der Waals surface area contributed by atoms with Crippen LogP contribution >= 0.6 is 11.3 Å². The van der Waals surface area contributed by atoms with Gasteiger partial charge in [-0.1, -0.05) is 37.3 Å². The van der Waals surface area contributed by atoms with Gasteiger partial charge in [-0.15, -0.1) is 11.3 Å². The first-order chi connectivity index (χ1) is 14.0. The van der Waals surface area contributed by atoms with Gasteiger partial charge >= 0.3 is 0 Å². The molecule has 0 aliphatic carbocycles. The van der Waals surface area contributed by atoms with Gasteiger partial charge in [0.1, 0.15) is 5.01 Å². The van der Waals surface area contributed by atoms with Crippen molar-refractivity contribution in [1.29, 1.82) is 0 Å². The van der Waals surface area contributed by atoms with E-state index in [1.165, 1.54) is 0 Å². The van der Waals surface area contributed by atoms with Gasteiger partial charge in [0.05, 0.1) is 23.8 Å². The van der Waals surface area contributed by atoms with E-state index in [9.17, 15) is 9.59 Å². The Morgan fingerprint density at radius 3 is 2.59 bits per heavy atom. The number of amides is 2. The zero-order valence-corrected chi connectivity index (χ0v) is 17.9. The highest BCUT2D eigenvalue weighted by molar-refractivity contribution is 7.18. The minimum atomic E-state index is -0.0926. The lowest BCUT2D eigenvalue weighted by molar-refractivity contribution is -0.862. The van der Waals surface area contributed by atoms with Crippen LogP contribution in [0.3, 0.4) is 0 Å². The number of hydrogen-bond acceptors (Lipinski definition) is 4. The molecule has 1 heterocycles. The van der Waals surface area contributed by atoms with E-state index < -0.39 is 0 Å². The van der Waals surface area contributed by atoms with Gasteiger partial charge in [0, 0.05) is 12.7 Å². The predicted octanol–water partition coefficient (Wildman–Crippen LogP) is 1.97.